The molecule has 0 amide bonds. The first-order chi connectivity index (χ1) is 12.4. The zero-order chi connectivity index (χ0) is 18.7. The van der Waals surface area contributed by atoms with Gasteiger partial charge in [-0.3, -0.25) is 4.90 Å². The van der Waals surface area contributed by atoms with Gasteiger partial charge in [-0.15, -0.1) is 0 Å². The van der Waals surface area contributed by atoms with Gasteiger partial charge in [0.1, 0.15) is 5.75 Å². The highest BCUT2D eigenvalue weighted by atomic mass is 32.2. The lowest BCUT2D eigenvalue weighted by Gasteiger charge is -2.34. The van der Waals surface area contributed by atoms with Crippen molar-refractivity contribution in [3.05, 3.63) is 59.7 Å². The number of rotatable bonds is 5. The number of ether oxygens (including phenoxy) is 1. The van der Waals surface area contributed by atoms with Gasteiger partial charge in [0.15, 0.2) is 11.6 Å². The monoisotopic (exact) mass is 382 g/mol. The van der Waals surface area contributed by atoms with E-state index in [0.717, 1.165) is 29.5 Å². The first-order valence-electron chi connectivity index (χ1n) is 8.20. The average molecular weight is 382 g/mol. The molecule has 1 fully saturated rings. The van der Waals surface area contributed by atoms with Gasteiger partial charge >= 0.3 is 0 Å². The van der Waals surface area contributed by atoms with E-state index in [0.29, 0.717) is 32.7 Å². The van der Waals surface area contributed by atoms with Crippen LogP contribution in [0, 0.1) is 11.6 Å². The summed E-state index contributed by atoms with van der Waals surface area (Å²) in [6.45, 7) is 2.45. The summed E-state index contributed by atoms with van der Waals surface area (Å²) in [5, 5.41) is 0. The normalized spacial score (nSPS) is 16.6. The quantitative estimate of drug-likeness (QED) is 0.797. The van der Waals surface area contributed by atoms with Gasteiger partial charge in [-0.1, -0.05) is 12.1 Å². The largest absolute Gasteiger partial charge is 0.497 e. The topological polar surface area (TPSA) is 49.9 Å². The summed E-state index contributed by atoms with van der Waals surface area (Å²) >= 11 is 0. The van der Waals surface area contributed by atoms with Crippen molar-refractivity contribution in [2.45, 2.75) is 11.4 Å². The second-order valence-electron chi connectivity index (χ2n) is 6.10. The predicted molar refractivity (Wildman–Crippen MR) is 93.4 cm³/mol. The first kappa shape index (κ1) is 18.8. The highest BCUT2D eigenvalue weighted by Gasteiger charge is 2.29. The molecule has 0 unspecified atom stereocenters. The summed E-state index contributed by atoms with van der Waals surface area (Å²) in [5.41, 5.74) is 1.11. The van der Waals surface area contributed by atoms with Crippen LogP contribution in [-0.2, 0) is 16.6 Å². The van der Waals surface area contributed by atoms with Gasteiger partial charge in [0.2, 0.25) is 10.0 Å². The molecule has 0 bridgehead atoms. The number of sulfonamides is 1. The summed E-state index contributed by atoms with van der Waals surface area (Å²) < 4.78 is 58.0. The number of benzene rings is 2. The molecule has 3 rings (SSSR count). The van der Waals surface area contributed by atoms with Crippen LogP contribution in [0.25, 0.3) is 0 Å². The number of hydrogen-bond acceptors (Lipinski definition) is 4. The molecule has 0 saturated carbocycles. The van der Waals surface area contributed by atoms with Crippen LogP contribution in [0.15, 0.2) is 47.4 Å². The summed E-state index contributed by atoms with van der Waals surface area (Å²) in [6.07, 6.45) is 0. The van der Waals surface area contributed by atoms with Gasteiger partial charge in [-0.05, 0) is 35.9 Å². The molecule has 1 saturated heterocycles. The molecule has 2 aromatic rings. The number of halogens is 2. The van der Waals surface area contributed by atoms with Crippen LogP contribution >= 0.6 is 0 Å². The molecule has 26 heavy (non-hydrogen) atoms. The van der Waals surface area contributed by atoms with Gasteiger partial charge in [0, 0.05) is 32.7 Å². The Kier molecular flexibility index (Phi) is 5.55. The molecule has 0 spiro atoms. The third-order valence-electron chi connectivity index (χ3n) is 4.43. The van der Waals surface area contributed by atoms with Gasteiger partial charge in [0.25, 0.3) is 0 Å². The lowest BCUT2D eigenvalue weighted by atomic mass is 10.2. The molecule has 0 aliphatic carbocycles. The molecular weight excluding hydrogens is 362 g/mol. The maximum Gasteiger partial charge on any atom is 0.243 e. The van der Waals surface area contributed by atoms with Crippen molar-refractivity contribution in [2.75, 3.05) is 33.3 Å². The fraction of sp³-hybridized carbons (Fsp3) is 0.333. The van der Waals surface area contributed by atoms with E-state index >= 15 is 0 Å². The Morgan fingerprint density at radius 2 is 1.62 bits per heavy atom. The van der Waals surface area contributed by atoms with Crippen LogP contribution in [0.5, 0.6) is 5.75 Å². The van der Waals surface area contributed by atoms with Crippen molar-refractivity contribution in [1.82, 2.24) is 9.21 Å². The molecule has 5 nitrogen and oxygen atoms in total. The third kappa shape index (κ3) is 4.03. The minimum absolute atomic E-state index is 0.222. The third-order valence-corrected chi connectivity index (χ3v) is 6.32. The fourth-order valence-corrected chi connectivity index (χ4v) is 4.34. The Morgan fingerprint density at radius 3 is 2.19 bits per heavy atom. The predicted octanol–water partition coefficient (Wildman–Crippen LogP) is 2.48. The van der Waals surface area contributed by atoms with Gasteiger partial charge in [-0.2, -0.15) is 4.31 Å². The highest BCUT2D eigenvalue weighted by molar-refractivity contribution is 7.89. The lowest BCUT2D eigenvalue weighted by Crippen LogP contribution is -2.48. The lowest BCUT2D eigenvalue weighted by molar-refractivity contribution is 0.181. The molecule has 0 atom stereocenters. The highest BCUT2D eigenvalue weighted by Crippen LogP contribution is 2.21. The second kappa shape index (κ2) is 7.69. The van der Waals surface area contributed by atoms with E-state index in [9.17, 15) is 17.2 Å². The Labute approximate surface area is 151 Å². The zero-order valence-corrected chi connectivity index (χ0v) is 15.2. The molecule has 2 aromatic carbocycles. The molecule has 1 aliphatic heterocycles. The van der Waals surface area contributed by atoms with E-state index in [2.05, 4.69) is 4.90 Å². The van der Waals surface area contributed by atoms with Crippen LogP contribution < -0.4 is 4.74 Å². The van der Waals surface area contributed by atoms with E-state index in [1.807, 2.05) is 24.3 Å². The Bertz CT molecular complexity index is 865. The molecule has 140 valence electrons. The maximum absolute atomic E-state index is 13.4. The Morgan fingerprint density at radius 1 is 0.962 bits per heavy atom. The number of methoxy groups -OCH3 is 1. The Hall–Kier alpha value is -2.03. The molecule has 8 heteroatoms. The van der Waals surface area contributed by atoms with E-state index in [1.165, 1.54) is 4.31 Å². The Balaban J connectivity index is 1.62. The molecule has 0 N–H and O–H groups in total. The van der Waals surface area contributed by atoms with Crippen molar-refractivity contribution in [1.29, 1.82) is 0 Å². The summed E-state index contributed by atoms with van der Waals surface area (Å²) in [4.78, 5) is 1.93. The number of piperazine rings is 1. The van der Waals surface area contributed by atoms with Crippen LogP contribution in [0.2, 0.25) is 0 Å². The smallest absolute Gasteiger partial charge is 0.243 e. The first-order valence-corrected chi connectivity index (χ1v) is 9.64. The van der Waals surface area contributed by atoms with Crippen LogP contribution in [0.1, 0.15) is 5.56 Å². The summed E-state index contributed by atoms with van der Waals surface area (Å²) in [7, 11) is -2.21. The van der Waals surface area contributed by atoms with Crippen molar-refractivity contribution in [3.63, 3.8) is 0 Å². The van der Waals surface area contributed by atoms with Crippen molar-refractivity contribution < 1.29 is 21.9 Å². The van der Waals surface area contributed by atoms with Gasteiger partial charge in [0.05, 0.1) is 12.0 Å². The van der Waals surface area contributed by atoms with E-state index in [1.54, 1.807) is 7.11 Å². The summed E-state index contributed by atoms with van der Waals surface area (Å²) in [6, 6.07) is 10.4. The second-order valence-corrected chi connectivity index (χ2v) is 8.04. The van der Waals surface area contributed by atoms with E-state index < -0.39 is 21.7 Å². The molecule has 0 radical (unpaired) electrons. The van der Waals surface area contributed by atoms with Crippen LogP contribution in [0.4, 0.5) is 8.78 Å². The van der Waals surface area contributed by atoms with E-state index in [-0.39, 0.29) is 4.90 Å². The van der Waals surface area contributed by atoms with Gasteiger partial charge < -0.3 is 4.74 Å². The minimum atomic E-state index is -3.82. The van der Waals surface area contributed by atoms with Gasteiger partial charge in [-0.25, -0.2) is 17.2 Å². The van der Waals surface area contributed by atoms with Crippen LogP contribution in [0.3, 0.4) is 0 Å². The minimum Gasteiger partial charge on any atom is -0.497 e. The number of nitrogens with zero attached hydrogens (tertiary/aromatic N) is 2. The molecule has 1 aliphatic rings. The number of hydrogen-bond donors (Lipinski definition) is 0. The zero-order valence-electron chi connectivity index (χ0n) is 14.4. The average Bonchev–Trinajstić information content (AvgIpc) is 2.65. The van der Waals surface area contributed by atoms with Crippen LogP contribution in [-0.4, -0.2) is 50.9 Å². The maximum atomic E-state index is 13.4. The summed E-state index contributed by atoms with van der Waals surface area (Å²) in [5.74, 6) is -1.44. The SMILES string of the molecule is COc1ccc(CN2CCN(S(=O)(=O)c3ccc(F)c(F)c3)CC2)cc1. The molecule has 1 heterocycles. The van der Waals surface area contributed by atoms with Crippen molar-refractivity contribution >= 4 is 10.0 Å². The van der Waals surface area contributed by atoms with E-state index in [4.69, 9.17) is 4.74 Å². The standard InChI is InChI=1S/C18H20F2N2O3S/c1-25-15-4-2-14(3-5-15)13-21-8-10-22(11-9-21)26(23,24)16-6-7-17(19)18(20)12-16/h2-7,12H,8-11,13H2,1H3. The van der Waals surface area contributed by atoms with Crippen molar-refractivity contribution in [3.8, 4) is 5.75 Å². The molecule has 0 aromatic heterocycles. The fourth-order valence-electron chi connectivity index (χ4n) is 2.90. The van der Waals surface area contributed by atoms with Crippen molar-refractivity contribution in [2.24, 2.45) is 0 Å². The molecular formula is C18H20F2N2O3S.